The zero-order chi connectivity index (χ0) is 15.9. The molecule has 2 aromatic rings. The lowest BCUT2D eigenvalue weighted by Crippen LogP contribution is -1.96. The number of aryl methyl sites for hydroxylation is 1. The van der Waals surface area contributed by atoms with Gasteiger partial charge in [0, 0.05) is 6.20 Å². The summed E-state index contributed by atoms with van der Waals surface area (Å²) in [5, 5.41) is 11.3. The molecule has 7 heteroatoms. The third-order valence-electron chi connectivity index (χ3n) is 2.50. The fourth-order valence-corrected chi connectivity index (χ4v) is 1.82. The van der Waals surface area contributed by atoms with Crippen molar-refractivity contribution < 1.29 is 18.2 Å². The van der Waals surface area contributed by atoms with Gasteiger partial charge in [0.15, 0.2) is 0 Å². The minimum atomic E-state index is -4.02. The third-order valence-corrected chi connectivity index (χ3v) is 3.37. The van der Waals surface area contributed by atoms with Gasteiger partial charge in [-0.25, -0.2) is 0 Å². The number of rotatable bonds is 2. The van der Waals surface area contributed by atoms with Crippen LogP contribution in [0.3, 0.4) is 0 Å². The lowest BCUT2D eigenvalue weighted by molar-refractivity contribution is 0.319. The van der Waals surface area contributed by atoms with Crippen LogP contribution in [-0.2, 0) is 10.1 Å². The molecule has 0 fully saturated rings. The number of hydrogen-bond donors (Lipinski definition) is 2. The van der Waals surface area contributed by atoms with Crippen LogP contribution < -0.4 is 0 Å². The molecule has 0 spiro atoms. The Morgan fingerprint density at radius 1 is 1.14 bits per heavy atom. The largest absolute Gasteiger partial charge is 0.411 e. The molecule has 1 aromatic carbocycles. The zero-order valence-electron chi connectivity index (χ0n) is 11.6. The van der Waals surface area contributed by atoms with Crippen molar-refractivity contribution in [2.24, 2.45) is 5.16 Å². The molecule has 0 atom stereocenters. The molecule has 0 unspecified atom stereocenters. The van der Waals surface area contributed by atoms with Gasteiger partial charge in [-0.1, -0.05) is 28.9 Å². The zero-order valence-corrected chi connectivity index (χ0v) is 12.4. The maximum atomic E-state index is 10.5. The molecule has 0 aliphatic rings. The van der Waals surface area contributed by atoms with Gasteiger partial charge in [-0.2, -0.15) is 8.42 Å². The van der Waals surface area contributed by atoms with Crippen molar-refractivity contribution in [2.45, 2.75) is 18.7 Å². The number of hydrogen-bond acceptors (Lipinski definition) is 5. The molecule has 2 N–H and O–H groups in total. The molecule has 6 nitrogen and oxygen atoms in total. The quantitative estimate of drug-likeness (QED) is 0.384. The number of aromatic nitrogens is 1. The molecule has 2 rings (SSSR count). The van der Waals surface area contributed by atoms with E-state index in [1.807, 2.05) is 19.1 Å². The summed E-state index contributed by atoms with van der Waals surface area (Å²) in [5.74, 6) is 0. The van der Waals surface area contributed by atoms with E-state index in [4.69, 9.17) is 9.76 Å². The molecule has 0 aliphatic carbocycles. The fraction of sp³-hybridized carbons (Fsp3) is 0.143. The normalized spacial score (nSPS) is 11.5. The van der Waals surface area contributed by atoms with E-state index in [9.17, 15) is 8.42 Å². The standard InChI is InChI=1S/C7H8N2O.C7H8O3S/c1-6(9-10)7-4-2-3-5-8-7;1-6-2-4-7(5-3-6)11(8,9)10/h2-5,10H,1H3;2-5H,1H3,(H,8,9,10). The monoisotopic (exact) mass is 308 g/mol. The summed E-state index contributed by atoms with van der Waals surface area (Å²) >= 11 is 0. The number of benzene rings is 1. The first kappa shape index (κ1) is 16.8. The van der Waals surface area contributed by atoms with Crippen molar-refractivity contribution in [3.05, 3.63) is 59.9 Å². The highest BCUT2D eigenvalue weighted by Crippen LogP contribution is 2.08. The Kier molecular flexibility index (Phi) is 6.01. The van der Waals surface area contributed by atoms with E-state index in [0.717, 1.165) is 5.56 Å². The van der Waals surface area contributed by atoms with E-state index >= 15 is 0 Å². The Balaban J connectivity index is 0.000000211. The van der Waals surface area contributed by atoms with Crippen LogP contribution in [0.5, 0.6) is 0 Å². The molecule has 21 heavy (non-hydrogen) atoms. The Hall–Kier alpha value is -2.25. The number of oxime groups is 1. The average Bonchev–Trinajstić information content (AvgIpc) is 2.47. The first-order chi connectivity index (χ1) is 9.84. The molecule has 0 amide bonds. The second-order valence-corrected chi connectivity index (χ2v) is 5.61. The van der Waals surface area contributed by atoms with Crippen LogP contribution in [0.15, 0.2) is 58.7 Å². The average molecular weight is 308 g/mol. The summed E-state index contributed by atoms with van der Waals surface area (Å²) in [6.07, 6.45) is 1.66. The maximum absolute atomic E-state index is 10.5. The maximum Gasteiger partial charge on any atom is 0.294 e. The van der Waals surface area contributed by atoms with Crippen molar-refractivity contribution in [3.63, 3.8) is 0 Å². The van der Waals surface area contributed by atoms with Gasteiger partial charge < -0.3 is 5.21 Å². The van der Waals surface area contributed by atoms with E-state index in [1.165, 1.54) is 12.1 Å². The molecule has 0 radical (unpaired) electrons. The Bertz CT molecular complexity index is 696. The first-order valence-corrected chi connectivity index (χ1v) is 7.43. The topological polar surface area (TPSA) is 99.9 Å². The smallest absolute Gasteiger partial charge is 0.294 e. The minimum Gasteiger partial charge on any atom is -0.411 e. The van der Waals surface area contributed by atoms with Crippen LogP contribution in [-0.4, -0.2) is 28.9 Å². The van der Waals surface area contributed by atoms with Crippen molar-refractivity contribution in [3.8, 4) is 0 Å². The molecule has 0 bridgehead atoms. The molecule has 0 aliphatic heterocycles. The lowest BCUT2D eigenvalue weighted by atomic mass is 10.2. The van der Waals surface area contributed by atoms with Gasteiger partial charge in [0.2, 0.25) is 0 Å². The highest BCUT2D eigenvalue weighted by Gasteiger charge is 2.06. The van der Waals surface area contributed by atoms with Gasteiger partial charge >= 0.3 is 0 Å². The number of nitrogens with zero attached hydrogens (tertiary/aromatic N) is 2. The van der Waals surface area contributed by atoms with Gasteiger partial charge in [-0.15, -0.1) is 0 Å². The van der Waals surface area contributed by atoms with E-state index in [1.54, 1.807) is 31.3 Å². The first-order valence-electron chi connectivity index (χ1n) is 5.99. The van der Waals surface area contributed by atoms with Crippen LogP contribution >= 0.6 is 0 Å². The molecular formula is C14H16N2O4S. The van der Waals surface area contributed by atoms with Crippen LogP contribution in [0.1, 0.15) is 18.2 Å². The van der Waals surface area contributed by atoms with Crippen molar-refractivity contribution in [2.75, 3.05) is 0 Å². The molecule has 1 heterocycles. The summed E-state index contributed by atoms with van der Waals surface area (Å²) in [5.41, 5.74) is 2.18. The van der Waals surface area contributed by atoms with Crippen LogP contribution in [0.2, 0.25) is 0 Å². The highest BCUT2D eigenvalue weighted by molar-refractivity contribution is 7.85. The predicted octanol–water partition coefficient (Wildman–Crippen LogP) is 2.52. The minimum absolute atomic E-state index is 0.0666. The highest BCUT2D eigenvalue weighted by atomic mass is 32.2. The van der Waals surface area contributed by atoms with Crippen LogP contribution in [0.4, 0.5) is 0 Å². The van der Waals surface area contributed by atoms with Gasteiger partial charge in [0.25, 0.3) is 10.1 Å². The van der Waals surface area contributed by atoms with E-state index < -0.39 is 10.1 Å². The molecule has 112 valence electrons. The summed E-state index contributed by atoms with van der Waals surface area (Å²) < 4.78 is 29.6. The number of pyridine rings is 1. The molecule has 0 saturated heterocycles. The SMILES string of the molecule is CC(=NO)c1ccccn1.Cc1ccc(S(=O)(=O)O)cc1. The summed E-state index contributed by atoms with van der Waals surface area (Å²) in [6, 6.07) is 11.4. The second kappa shape index (κ2) is 7.51. The molecular weight excluding hydrogens is 292 g/mol. The molecule has 1 aromatic heterocycles. The fourth-order valence-electron chi connectivity index (χ4n) is 1.34. The van der Waals surface area contributed by atoms with Crippen molar-refractivity contribution in [1.29, 1.82) is 0 Å². The Morgan fingerprint density at radius 2 is 1.76 bits per heavy atom. The third kappa shape index (κ3) is 5.72. The van der Waals surface area contributed by atoms with Crippen LogP contribution in [0.25, 0.3) is 0 Å². The van der Waals surface area contributed by atoms with Crippen molar-refractivity contribution >= 4 is 15.8 Å². The van der Waals surface area contributed by atoms with E-state index in [0.29, 0.717) is 11.4 Å². The predicted molar refractivity (Wildman–Crippen MR) is 79.2 cm³/mol. The van der Waals surface area contributed by atoms with Gasteiger partial charge in [-0.3, -0.25) is 9.54 Å². The van der Waals surface area contributed by atoms with Gasteiger partial charge in [0.05, 0.1) is 10.6 Å². The lowest BCUT2D eigenvalue weighted by Gasteiger charge is -1.95. The second-order valence-electron chi connectivity index (χ2n) is 4.19. The van der Waals surface area contributed by atoms with Gasteiger partial charge in [0.1, 0.15) is 5.71 Å². The van der Waals surface area contributed by atoms with Crippen LogP contribution in [0, 0.1) is 6.92 Å². The van der Waals surface area contributed by atoms with Gasteiger partial charge in [-0.05, 0) is 38.1 Å². The summed E-state index contributed by atoms with van der Waals surface area (Å²) in [6.45, 7) is 3.54. The summed E-state index contributed by atoms with van der Waals surface area (Å²) in [7, 11) is -4.02. The molecule has 0 saturated carbocycles. The Labute approximate surface area is 123 Å². The Morgan fingerprint density at radius 3 is 2.19 bits per heavy atom. The van der Waals surface area contributed by atoms with E-state index in [-0.39, 0.29) is 4.90 Å². The summed E-state index contributed by atoms with van der Waals surface area (Å²) in [4.78, 5) is 3.89. The van der Waals surface area contributed by atoms with Crippen molar-refractivity contribution in [1.82, 2.24) is 4.98 Å². The van der Waals surface area contributed by atoms with E-state index in [2.05, 4.69) is 10.1 Å².